The van der Waals surface area contributed by atoms with Crippen molar-refractivity contribution in [3.63, 3.8) is 0 Å². The topological polar surface area (TPSA) is 45.5 Å². The van der Waals surface area contributed by atoms with Crippen LogP contribution in [0.5, 0.6) is 17.2 Å². The quantitative estimate of drug-likeness (QED) is 0.461. The van der Waals surface area contributed by atoms with Crippen LogP contribution >= 0.6 is 0 Å². The number of anilines is 1. The Morgan fingerprint density at radius 1 is 1.06 bits per heavy atom. The van der Waals surface area contributed by atoms with Crippen molar-refractivity contribution < 1.29 is 13.9 Å². The lowest BCUT2D eigenvalue weighted by Crippen LogP contribution is -2.28. The average Bonchev–Trinajstić information content (AvgIpc) is 3.25. The minimum absolute atomic E-state index is 0.286. The van der Waals surface area contributed by atoms with E-state index in [0.29, 0.717) is 29.2 Å². The molecule has 0 spiro atoms. The molecule has 0 aliphatic carbocycles. The van der Waals surface area contributed by atoms with E-state index in [1.165, 1.54) is 6.07 Å². The number of rotatable bonds is 6. The summed E-state index contributed by atoms with van der Waals surface area (Å²) in [5.41, 5.74) is 3.21. The third-order valence-electron chi connectivity index (χ3n) is 5.85. The number of hydrogen-bond acceptors (Lipinski definition) is 4. The van der Waals surface area contributed by atoms with E-state index < -0.39 is 0 Å². The summed E-state index contributed by atoms with van der Waals surface area (Å²) in [5.74, 6) is 1.69. The van der Waals surface area contributed by atoms with E-state index in [9.17, 15) is 4.39 Å². The second-order valence-corrected chi connectivity index (χ2v) is 7.72. The van der Waals surface area contributed by atoms with Gasteiger partial charge in [-0.2, -0.15) is 5.26 Å². The smallest absolute Gasteiger partial charge is 0.131 e. The molecular formula is C26H25FN2O2. The van der Waals surface area contributed by atoms with Crippen LogP contribution in [0.25, 0.3) is 11.1 Å². The molecule has 1 aliphatic rings. The highest BCUT2D eigenvalue weighted by Gasteiger charge is 2.24. The zero-order valence-corrected chi connectivity index (χ0v) is 17.8. The normalized spacial score (nSPS) is 15.5. The van der Waals surface area contributed by atoms with E-state index in [-0.39, 0.29) is 11.9 Å². The predicted octanol–water partition coefficient (Wildman–Crippen LogP) is 6.48. The van der Waals surface area contributed by atoms with Crippen molar-refractivity contribution in [2.45, 2.75) is 32.2 Å². The van der Waals surface area contributed by atoms with Gasteiger partial charge in [-0.25, -0.2) is 4.39 Å². The molecule has 1 fully saturated rings. The average molecular weight is 416 g/mol. The molecule has 1 saturated heterocycles. The number of hydrogen-bond donors (Lipinski definition) is 0. The third-order valence-corrected chi connectivity index (χ3v) is 5.85. The lowest BCUT2D eigenvalue weighted by molar-refractivity contribution is 0.414. The van der Waals surface area contributed by atoms with Crippen LogP contribution in [-0.2, 0) is 0 Å². The third kappa shape index (κ3) is 4.34. The molecule has 158 valence electrons. The highest BCUT2D eigenvalue weighted by atomic mass is 19.1. The Kier molecular flexibility index (Phi) is 6.08. The molecule has 1 atom stereocenters. The molecule has 0 amide bonds. The summed E-state index contributed by atoms with van der Waals surface area (Å²) < 4.78 is 25.9. The summed E-state index contributed by atoms with van der Waals surface area (Å²) in [6.07, 6.45) is 2.71. The van der Waals surface area contributed by atoms with Gasteiger partial charge in [0, 0.05) is 23.8 Å². The predicted molar refractivity (Wildman–Crippen MR) is 120 cm³/mol. The molecule has 5 heteroatoms. The highest BCUT2D eigenvalue weighted by molar-refractivity contribution is 5.71. The molecule has 1 unspecified atom stereocenters. The Balaban J connectivity index is 1.57. The van der Waals surface area contributed by atoms with Gasteiger partial charge in [-0.05, 0) is 79.4 Å². The van der Waals surface area contributed by atoms with Crippen molar-refractivity contribution in [2.75, 3.05) is 18.6 Å². The molecule has 0 aromatic heterocycles. The fraction of sp³-hybridized carbons (Fsp3) is 0.269. The van der Waals surface area contributed by atoms with Gasteiger partial charge in [0.25, 0.3) is 0 Å². The minimum Gasteiger partial charge on any atom is -0.497 e. The summed E-state index contributed by atoms with van der Waals surface area (Å²) in [6, 6.07) is 20.9. The van der Waals surface area contributed by atoms with Crippen molar-refractivity contribution >= 4 is 5.69 Å². The van der Waals surface area contributed by atoms with Gasteiger partial charge in [-0.1, -0.05) is 12.1 Å². The van der Waals surface area contributed by atoms with Crippen molar-refractivity contribution in [2.24, 2.45) is 0 Å². The summed E-state index contributed by atoms with van der Waals surface area (Å²) in [5, 5.41) is 9.05. The van der Waals surface area contributed by atoms with Gasteiger partial charge in [0.1, 0.15) is 23.1 Å². The number of nitriles is 1. The fourth-order valence-corrected chi connectivity index (χ4v) is 4.18. The molecule has 0 saturated carbocycles. The van der Waals surface area contributed by atoms with E-state index in [0.717, 1.165) is 36.2 Å². The van der Waals surface area contributed by atoms with Gasteiger partial charge in [-0.3, -0.25) is 0 Å². The lowest BCUT2D eigenvalue weighted by Gasteiger charge is -2.25. The maximum absolute atomic E-state index is 14.5. The molecule has 3 aromatic rings. The Bertz CT molecular complexity index is 1110. The highest BCUT2D eigenvalue weighted by Crippen LogP contribution is 2.36. The van der Waals surface area contributed by atoms with Crippen molar-refractivity contribution in [1.82, 2.24) is 0 Å². The maximum Gasteiger partial charge on any atom is 0.131 e. The molecule has 31 heavy (non-hydrogen) atoms. The summed E-state index contributed by atoms with van der Waals surface area (Å²) in [4.78, 5) is 2.30. The number of benzene rings is 3. The molecule has 3 aromatic carbocycles. The van der Waals surface area contributed by atoms with Crippen molar-refractivity contribution in [3.05, 3.63) is 72.0 Å². The van der Waals surface area contributed by atoms with Crippen molar-refractivity contribution in [3.8, 4) is 34.4 Å². The maximum atomic E-state index is 14.5. The first-order valence-corrected chi connectivity index (χ1v) is 10.5. The van der Waals surface area contributed by atoms with Crippen LogP contribution in [0.1, 0.15) is 24.8 Å². The summed E-state index contributed by atoms with van der Waals surface area (Å²) in [7, 11) is 1.57. The van der Waals surface area contributed by atoms with E-state index in [1.807, 2.05) is 49.4 Å². The van der Waals surface area contributed by atoms with E-state index in [4.69, 9.17) is 14.7 Å². The van der Waals surface area contributed by atoms with Gasteiger partial charge in [-0.15, -0.1) is 0 Å². The number of nitrogens with zero attached hydrogens (tertiary/aromatic N) is 2. The summed E-state index contributed by atoms with van der Waals surface area (Å²) in [6.45, 7) is 2.90. The second-order valence-electron chi connectivity index (χ2n) is 7.72. The molecule has 1 aliphatic heterocycles. The van der Waals surface area contributed by atoms with Crippen LogP contribution in [0.2, 0.25) is 0 Å². The minimum atomic E-state index is -0.303. The first-order chi connectivity index (χ1) is 15.1. The lowest BCUT2D eigenvalue weighted by atomic mass is 9.99. The van der Waals surface area contributed by atoms with Crippen LogP contribution in [0.4, 0.5) is 10.1 Å². The van der Waals surface area contributed by atoms with Gasteiger partial charge in [0.2, 0.25) is 0 Å². The first-order valence-electron chi connectivity index (χ1n) is 10.5. The van der Waals surface area contributed by atoms with Crippen LogP contribution < -0.4 is 14.4 Å². The Labute approximate surface area is 182 Å². The van der Waals surface area contributed by atoms with Crippen LogP contribution in [0, 0.1) is 24.1 Å². The summed E-state index contributed by atoms with van der Waals surface area (Å²) >= 11 is 0. The van der Waals surface area contributed by atoms with Gasteiger partial charge in [0.05, 0.1) is 19.6 Å². The standard InChI is InChI=1S/C26H25FN2O2/c1-18-23(24-17-22(30-2)12-13-25(24)27)6-3-7-26(18)31-21-10-8-20(9-11-21)29-16-4-5-19(29)14-15-28/h3,6-13,17,19H,4-5,14,16H2,1-2H3. The molecule has 4 nitrogen and oxygen atoms in total. The Morgan fingerprint density at radius 3 is 2.58 bits per heavy atom. The molecular weight excluding hydrogens is 391 g/mol. The zero-order valence-electron chi connectivity index (χ0n) is 17.8. The zero-order chi connectivity index (χ0) is 21.8. The van der Waals surface area contributed by atoms with Crippen molar-refractivity contribution in [1.29, 1.82) is 5.26 Å². The van der Waals surface area contributed by atoms with Gasteiger partial charge < -0.3 is 14.4 Å². The molecule has 0 bridgehead atoms. The molecule has 0 N–H and O–H groups in total. The Morgan fingerprint density at radius 2 is 1.84 bits per heavy atom. The van der Waals surface area contributed by atoms with E-state index in [1.54, 1.807) is 19.2 Å². The van der Waals surface area contributed by atoms with Crippen LogP contribution in [0.15, 0.2) is 60.7 Å². The Hall–Kier alpha value is -3.52. The number of ether oxygens (including phenoxy) is 2. The van der Waals surface area contributed by atoms with E-state index >= 15 is 0 Å². The van der Waals surface area contributed by atoms with E-state index in [2.05, 4.69) is 11.0 Å². The van der Waals surface area contributed by atoms with Crippen LogP contribution in [0.3, 0.4) is 0 Å². The van der Waals surface area contributed by atoms with Gasteiger partial charge >= 0.3 is 0 Å². The SMILES string of the molecule is COc1ccc(F)c(-c2cccc(Oc3ccc(N4CCCC4CC#N)cc3)c2C)c1. The van der Waals surface area contributed by atoms with Crippen LogP contribution in [-0.4, -0.2) is 19.7 Å². The fourth-order valence-electron chi connectivity index (χ4n) is 4.18. The monoisotopic (exact) mass is 416 g/mol. The molecule has 4 rings (SSSR count). The number of halogens is 1. The largest absolute Gasteiger partial charge is 0.497 e. The number of methoxy groups -OCH3 is 1. The first kappa shape index (κ1) is 20.7. The van der Waals surface area contributed by atoms with Gasteiger partial charge in [0.15, 0.2) is 0 Å². The molecule has 0 radical (unpaired) electrons. The second kappa shape index (κ2) is 9.09. The molecule has 1 heterocycles.